The molecule has 0 radical (unpaired) electrons. The second-order valence-electron chi connectivity index (χ2n) is 11.5. The van der Waals surface area contributed by atoms with E-state index in [0.717, 1.165) is 19.3 Å². The second kappa shape index (κ2) is 19.6. The zero-order valence-electron chi connectivity index (χ0n) is 24.7. The van der Waals surface area contributed by atoms with Crippen molar-refractivity contribution in [1.82, 2.24) is 5.06 Å². The number of esters is 2. The summed E-state index contributed by atoms with van der Waals surface area (Å²) in [4.78, 5) is 65.7. The van der Waals surface area contributed by atoms with Gasteiger partial charge in [-0.1, -0.05) is 96.8 Å². The molecule has 0 aromatic rings. The first kappa shape index (κ1) is 34.6. The van der Waals surface area contributed by atoms with Crippen molar-refractivity contribution in [2.75, 3.05) is 0 Å². The molecule has 1 fully saturated rings. The Bertz CT molecular complexity index is 757. The number of rotatable bonds is 21. The van der Waals surface area contributed by atoms with Gasteiger partial charge < -0.3 is 14.3 Å². The van der Waals surface area contributed by atoms with Gasteiger partial charge in [0.1, 0.15) is 5.60 Å². The average Bonchev–Trinajstić information content (AvgIpc) is 3.16. The summed E-state index contributed by atoms with van der Waals surface area (Å²) in [6.07, 6.45) is 15.9. The normalized spacial score (nSPS) is 14.4. The smallest absolute Gasteiger partial charge is 0.374 e. The molecule has 1 aliphatic heterocycles. The van der Waals surface area contributed by atoms with E-state index in [1.54, 1.807) is 20.8 Å². The lowest BCUT2D eigenvalue weighted by Crippen LogP contribution is -2.40. The molecule has 224 valence electrons. The molecule has 39 heavy (non-hydrogen) atoms. The molecule has 0 spiro atoms. The molecule has 2 amide bonds. The largest absolute Gasteiger partial charge is 0.460 e. The molecule has 0 aromatic carbocycles. The van der Waals surface area contributed by atoms with Gasteiger partial charge in [0.15, 0.2) is 0 Å². The maximum absolute atomic E-state index is 12.6. The molecule has 0 saturated carbocycles. The number of hydroxylamine groups is 2. The van der Waals surface area contributed by atoms with Crippen molar-refractivity contribution < 1.29 is 38.3 Å². The minimum atomic E-state index is -1.61. The van der Waals surface area contributed by atoms with E-state index in [0.29, 0.717) is 11.5 Å². The second-order valence-corrected chi connectivity index (χ2v) is 11.5. The number of ether oxygens (including phenoxy) is 2. The van der Waals surface area contributed by atoms with Gasteiger partial charge in [0.2, 0.25) is 6.10 Å². The number of nitrogens with zero attached hydrogens (tertiary/aromatic N) is 1. The van der Waals surface area contributed by atoms with Crippen LogP contribution in [0.3, 0.4) is 0 Å². The van der Waals surface area contributed by atoms with Crippen LogP contribution in [0, 0.1) is 0 Å². The third-order valence-electron chi connectivity index (χ3n) is 6.48. The van der Waals surface area contributed by atoms with Gasteiger partial charge in [0, 0.05) is 19.3 Å². The molecular formula is C30H51NO8. The highest BCUT2D eigenvalue weighted by Gasteiger charge is 2.37. The Hall–Kier alpha value is -2.45. The quantitative estimate of drug-likeness (QED) is 0.0898. The molecule has 9 nitrogen and oxygen atoms in total. The third-order valence-corrected chi connectivity index (χ3v) is 6.48. The van der Waals surface area contributed by atoms with Gasteiger partial charge in [-0.05, 0) is 27.2 Å². The number of unbranched alkanes of at least 4 members (excludes halogenated alkanes) is 14. The Morgan fingerprint density at radius 2 is 1.15 bits per heavy atom. The van der Waals surface area contributed by atoms with E-state index in [1.807, 2.05) is 0 Å². The summed E-state index contributed by atoms with van der Waals surface area (Å²) in [7, 11) is 0. The number of carbonyl (C=O) groups is 5. The maximum atomic E-state index is 12.6. The highest BCUT2D eigenvalue weighted by molar-refractivity contribution is 6.02. The van der Waals surface area contributed by atoms with Gasteiger partial charge in [-0.25, -0.2) is 4.79 Å². The van der Waals surface area contributed by atoms with Gasteiger partial charge in [-0.2, -0.15) is 0 Å². The van der Waals surface area contributed by atoms with E-state index in [9.17, 15) is 24.0 Å². The highest BCUT2D eigenvalue weighted by Crippen LogP contribution is 2.18. The molecule has 1 rings (SSSR count). The van der Waals surface area contributed by atoms with E-state index < -0.39 is 47.8 Å². The fourth-order valence-electron chi connectivity index (χ4n) is 4.37. The summed E-state index contributed by atoms with van der Waals surface area (Å²) < 4.78 is 10.5. The van der Waals surface area contributed by atoms with Crippen LogP contribution in [-0.4, -0.2) is 46.5 Å². The van der Waals surface area contributed by atoms with Crippen LogP contribution in [0.4, 0.5) is 0 Å². The summed E-state index contributed by atoms with van der Waals surface area (Å²) in [6.45, 7) is 7.25. The molecular weight excluding hydrogens is 502 g/mol. The predicted octanol–water partition coefficient (Wildman–Crippen LogP) is 6.50. The van der Waals surface area contributed by atoms with Crippen molar-refractivity contribution >= 4 is 29.7 Å². The van der Waals surface area contributed by atoms with Gasteiger partial charge in [0.05, 0.1) is 6.42 Å². The van der Waals surface area contributed by atoms with Crippen LogP contribution < -0.4 is 0 Å². The van der Waals surface area contributed by atoms with E-state index in [4.69, 9.17) is 14.3 Å². The fraction of sp³-hybridized carbons (Fsp3) is 0.833. The topological polar surface area (TPSA) is 116 Å². The number of imide groups is 1. The Balaban J connectivity index is 2.28. The van der Waals surface area contributed by atoms with Gasteiger partial charge >= 0.3 is 17.9 Å². The standard InChI is InChI=1S/C30H51NO8/c1-5-6-7-8-9-10-11-12-13-14-15-16-17-18-19-20-27(34)37-24(23-28(35)38-30(2,3)4)29(36)39-31-25(32)21-22-26(31)33/h24H,5-23H2,1-4H3/t24-/m0/s1. The number of carbonyl (C=O) groups excluding carboxylic acids is 5. The molecule has 1 atom stereocenters. The lowest BCUT2D eigenvalue weighted by molar-refractivity contribution is -0.207. The van der Waals surface area contributed by atoms with Crippen molar-refractivity contribution in [1.29, 1.82) is 0 Å². The third kappa shape index (κ3) is 17.0. The van der Waals surface area contributed by atoms with Crippen LogP contribution >= 0.6 is 0 Å². The molecule has 1 aliphatic rings. The first-order valence-corrected chi connectivity index (χ1v) is 15.0. The Kier molecular flexibility index (Phi) is 17.4. The summed E-state index contributed by atoms with van der Waals surface area (Å²) >= 11 is 0. The van der Waals surface area contributed by atoms with Crippen molar-refractivity contribution in [2.24, 2.45) is 0 Å². The van der Waals surface area contributed by atoms with Crippen LogP contribution in [0.5, 0.6) is 0 Å². The minimum Gasteiger partial charge on any atom is -0.460 e. The van der Waals surface area contributed by atoms with Crippen molar-refractivity contribution in [2.45, 2.75) is 161 Å². The van der Waals surface area contributed by atoms with Crippen LogP contribution in [-0.2, 0) is 38.3 Å². The molecule has 0 unspecified atom stereocenters. The van der Waals surface area contributed by atoms with Crippen molar-refractivity contribution in [3.05, 3.63) is 0 Å². The monoisotopic (exact) mass is 553 g/mol. The van der Waals surface area contributed by atoms with E-state index >= 15 is 0 Å². The highest BCUT2D eigenvalue weighted by atomic mass is 16.7. The summed E-state index contributed by atoms with van der Waals surface area (Å²) in [5.74, 6) is -3.88. The predicted molar refractivity (Wildman–Crippen MR) is 147 cm³/mol. The molecule has 9 heteroatoms. The summed E-state index contributed by atoms with van der Waals surface area (Å²) in [5, 5.41) is 0.368. The lowest BCUT2D eigenvalue weighted by Gasteiger charge is -2.22. The summed E-state index contributed by atoms with van der Waals surface area (Å²) in [5.41, 5.74) is -0.801. The Morgan fingerprint density at radius 3 is 1.59 bits per heavy atom. The first-order chi connectivity index (χ1) is 18.5. The first-order valence-electron chi connectivity index (χ1n) is 15.0. The van der Waals surface area contributed by atoms with Crippen molar-refractivity contribution in [3.8, 4) is 0 Å². The number of hydrogen-bond donors (Lipinski definition) is 0. The lowest BCUT2D eigenvalue weighted by atomic mass is 10.0. The number of amides is 2. The van der Waals surface area contributed by atoms with Crippen LogP contribution in [0.25, 0.3) is 0 Å². The van der Waals surface area contributed by atoms with Crippen molar-refractivity contribution in [3.63, 3.8) is 0 Å². The van der Waals surface area contributed by atoms with Gasteiger partial charge in [-0.15, -0.1) is 5.06 Å². The zero-order chi connectivity index (χ0) is 29.1. The minimum absolute atomic E-state index is 0.0676. The number of hydrogen-bond acceptors (Lipinski definition) is 8. The molecule has 0 aliphatic carbocycles. The molecule has 0 bridgehead atoms. The molecule has 1 heterocycles. The van der Waals surface area contributed by atoms with Crippen LogP contribution in [0.2, 0.25) is 0 Å². The van der Waals surface area contributed by atoms with Crippen LogP contribution in [0.15, 0.2) is 0 Å². The Morgan fingerprint density at radius 1 is 0.718 bits per heavy atom. The molecule has 0 N–H and O–H groups in total. The maximum Gasteiger partial charge on any atom is 0.374 e. The van der Waals surface area contributed by atoms with E-state index in [-0.39, 0.29) is 19.3 Å². The molecule has 1 saturated heterocycles. The van der Waals surface area contributed by atoms with Crippen LogP contribution in [0.1, 0.15) is 150 Å². The Labute approximate surface area is 234 Å². The average molecular weight is 554 g/mol. The summed E-state index contributed by atoms with van der Waals surface area (Å²) in [6, 6.07) is 0. The van der Waals surface area contributed by atoms with E-state index in [2.05, 4.69) is 6.92 Å². The van der Waals surface area contributed by atoms with E-state index in [1.165, 1.54) is 70.6 Å². The zero-order valence-corrected chi connectivity index (χ0v) is 24.7. The van der Waals surface area contributed by atoms with Gasteiger partial charge in [-0.3, -0.25) is 19.2 Å². The molecule has 0 aromatic heterocycles. The fourth-order valence-corrected chi connectivity index (χ4v) is 4.37. The SMILES string of the molecule is CCCCCCCCCCCCCCCCCC(=O)O[C@@H](CC(=O)OC(C)(C)C)C(=O)ON1C(=O)CCC1=O. The van der Waals surface area contributed by atoms with Gasteiger partial charge in [0.25, 0.3) is 11.8 Å².